The molecule has 2 aromatic rings. The standard InChI is InChI=1S/C22H27N5O3/c28-21(26-11-13-27(14-12-26)22(29)30)19-8-4-7-18(25-19)16-9-10-23-20(15-16)24-17-5-2-1-3-6-17/h4,7-10,15,17H,1-3,5-6,11-14H2,(H,23,24)(H,29,30). The third kappa shape index (κ3) is 4.69. The van der Waals surface area contributed by atoms with Crippen molar-refractivity contribution in [1.29, 1.82) is 0 Å². The first-order valence-corrected chi connectivity index (χ1v) is 10.6. The molecule has 8 heteroatoms. The zero-order chi connectivity index (χ0) is 20.9. The van der Waals surface area contributed by atoms with Crippen molar-refractivity contribution in [2.75, 3.05) is 31.5 Å². The van der Waals surface area contributed by atoms with Crippen LogP contribution in [0.25, 0.3) is 11.3 Å². The highest BCUT2D eigenvalue weighted by Crippen LogP contribution is 2.24. The summed E-state index contributed by atoms with van der Waals surface area (Å²) in [5.41, 5.74) is 2.00. The summed E-state index contributed by atoms with van der Waals surface area (Å²) in [6.45, 7) is 1.39. The fourth-order valence-electron chi connectivity index (χ4n) is 4.10. The zero-order valence-electron chi connectivity index (χ0n) is 17.0. The molecular weight excluding hydrogens is 382 g/mol. The number of hydrogen-bond acceptors (Lipinski definition) is 5. The Bertz CT molecular complexity index is 905. The van der Waals surface area contributed by atoms with Gasteiger partial charge in [0.1, 0.15) is 11.5 Å². The first kappa shape index (κ1) is 20.1. The van der Waals surface area contributed by atoms with Crippen LogP contribution in [-0.4, -0.2) is 69.1 Å². The van der Waals surface area contributed by atoms with Crippen LogP contribution in [0.1, 0.15) is 42.6 Å². The monoisotopic (exact) mass is 409 g/mol. The topological polar surface area (TPSA) is 98.7 Å². The van der Waals surface area contributed by atoms with E-state index in [9.17, 15) is 9.59 Å². The molecule has 0 spiro atoms. The molecule has 1 aliphatic heterocycles. The fraction of sp³-hybridized carbons (Fsp3) is 0.455. The molecule has 1 aliphatic carbocycles. The molecule has 2 fully saturated rings. The molecule has 30 heavy (non-hydrogen) atoms. The minimum absolute atomic E-state index is 0.170. The van der Waals surface area contributed by atoms with Crippen molar-refractivity contribution in [3.05, 3.63) is 42.2 Å². The van der Waals surface area contributed by atoms with Crippen LogP contribution >= 0.6 is 0 Å². The lowest BCUT2D eigenvalue weighted by Crippen LogP contribution is -2.50. The number of carboxylic acid groups (broad SMARTS) is 1. The van der Waals surface area contributed by atoms with Crippen LogP contribution in [0.15, 0.2) is 36.5 Å². The van der Waals surface area contributed by atoms with E-state index in [2.05, 4.69) is 15.3 Å². The molecule has 1 saturated carbocycles. The van der Waals surface area contributed by atoms with Crippen molar-refractivity contribution < 1.29 is 14.7 Å². The molecule has 0 aromatic carbocycles. The third-order valence-corrected chi connectivity index (χ3v) is 5.82. The quantitative estimate of drug-likeness (QED) is 0.804. The van der Waals surface area contributed by atoms with Crippen LogP contribution in [0.5, 0.6) is 0 Å². The summed E-state index contributed by atoms with van der Waals surface area (Å²) in [6.07, 6.45) is 6.97. The number of pyridine rings is 2. The highest BCUT2D eigenvalue weighted by Gasteiger charge is 2.25. The van der Waals surface area contributed by atoms with Gasteiger partial charge in [0.15, 0.2) is 0 Å². The Kier molecular flexibility index (Phi) is 6.11. The number of aromatic nitrogens is 2. The Morgan fingerprint density at radius 2 is 1.73 bits per heavy atom. The molecule has 0 radical (unpaired) electrons. The first-order valence-electron chi connectivity index (χ1n) is 10.6. The second-order valence-corrected chi connectivity index (χ2v) is 7.88. The Morgan fingerprint density at radius 1 is 1.00 bits per heavy atom. The van der Waals surface area contributed by atoms with Crippen molar-refractivity contribution >= 4 is 17.8 Å². The number of carbonyl (C=O) groups excluding carboxylic acids is 1. The Labute approximate surface area is 175 Å². The van der Waals surface area contributed by atoms with Gasteiger partial charge in [-0.1, -0.05) is 25.3 Å². The van der Waals surface area contributed by atoms with Gasteiger partial charge >= 0.3 is 6.09 Å². The van der Waals surface area contributed by atoms with Crippen LogP contribution in [0.3, 0.4) is 0 Å². The van der Waals surface area contributed by atoms with Crippen molar-refractivity contribution in [3.63, 3.8) is 0 Å². The molecule has 0 unspecified atom stereocenters. The summed E-state index contributed by atoms with van der Waals surface area (Å²) >= 11 is 0. The molecule has 4 rings (SSSR count). The second kappa shape index (κ2) is 9.11. The first-order chi connectivity index (χ1) is 14.6. The van der Waals surface area contributed by atoms with Gasteiger partial charge < -0.3 is 20.2 Å². The van der Waals surface area contributed by atoms with Gasteiger partial charge in [-0.2, -0.15) is 0 Å². The SMILES string of the molecule is O=C(O)N1CCN(C(=O)c2cccc(-c3ccnc(NC4CCCCC4)c3)n2)CC1. The van der Waals surface area contributed by atoms with E-state index in [-0.39, 0.29) is 5.91 Å². The molecule has 3 heterocycles. The molecule has 0 atom stereocenters. The van der Waals surface area contributed by atoms with E-state index < -0.39 is 6.09 Å². The Balaban J connectivity index is 1.46. The van der Waals surface area contributed by atoms with E-state index in [1.165, 1.54) is 37.0 Å². The number of piperazine rings is 1. The van der Waals surface area contributed by atoms with Gasteiger partial charge in [-0.05, 0) is 37.1 Å². The molecule has 158 valence electrons. The molecule has 2 amide bonds. The fourth-order valence-corrected chi connectivity index (χ4v) is 4.10. The lowest BCUT2D eigenvalue weighted by atomic mass is 9.95. The highest BCUT2D eigenvalue weighted by molar-refractivity contribution is 5.93. The molecule has 8 nitrogen and oxygen atoms in total. The zero-order valence-corrected chi connectivity index (χ0v) is 17.0. The largest absolute Gasteiger partial charge is 0.465 e. The van der Waals surface area contributed by atoms with Crippen LogP contribution in [0.2, 0.25) is 0 Å². The summed E-state index contributed by atoms with van der Waals surface area (Å²) in [5, 5.41) is 12.6. The molecule has 0 bridgehead atoms. The van der Waals surface area contributed by atoms with Gasteiger partial charge in [0.25, 0.3) is 5.91 Å². The maximum atomic E-state index is 12.9. The normalized spacial score (nSPS) is 17.6. The minimum Gasteiger partial charge on any atom is -0.465 e. The van der Waals surface area contributed by atoms with E-state index in [0.29, 0.717) is 37.9 Å². The number of nitrogens with one attached hydrogen (secondary N) is 1. The number of anilines is 1. The smallest absolute Gasteiger partial charge is 0.407 e. The summed E-state index contributed by atoms with van der Waals surface area (Å²) in [4.78, 5) is 35.9. The predicted octanol–water partition coefficient (Wildman–Crippen LogP) is 3.32. The predicted molar refractivity (Wildman–Crippen MR) is 113 cm³/mol. The van der Waals surface area contributed by atoms with Crippen LogP contribution in [0.4, 0.5) is 10.6 Å². The summed E-state index contributed by atoms with van der Waals surface area (Å²) in [7, 11) is 0. The maximum absolute atomic E-state index is 12.9. The van der Waals surface area contributed by atoms with E-state index in [1.807, 2.05) is 24.3 Å². The number of hydrogen-bond donors (Lipinski definition) is 2. The van der Waals surface area contributed by atoms with Gasteiger partial charge in [-0.3, -0.25) is 4.79 Å². The minimum atomic E-state index is -0.947. The van der Waals surface area contributed by atoms with E-state index in [4.69, 9.17) is 5.11 Å². The highest BCUT2D eigenvalue weighted by atomic mass is 16.4. The second-order valence-electron chi connectivity index (χ2n) is 7.88. The van der Waals surface area contributed by atoms with Crippen molar-refractivity contribution in [2.45, 2.75) is 38.1 Å². The number of rotatable bonds is 4. The molecule has 2 N–H and O–H groups in total. The third-order valence-electron chi connectivity index (χ3n) is 5.82. The Morgan fingerprint density at radius 3 is 2.47 bits per heavy atom. The van der Waals surface area contributed by atoms with Gasteiger partial charge in [-0.15, -0.1) is 0 Å². The van der Waals surface area contributed by atoms with Crippen LogP contribution in [0, 0.1) is 0 Å². The van der Waals surface area contributed by atoms with Crippen molar-refractivity contribution in [1.82, 2.24) is 19.8 Å². The summed E-state index contributed by atoms with van der Waals surface area (Å²) in [5.74, 6) is 0.666. The van der Waals surface area contributed by atoms with Crippen LogP contribution in [-0.2, 0) is 0 Å². The summed E-state index contributed by atoms with van der Waals surface area (Å²) in [6, 6.07) is 9.77. The van der Waals surface area contributed by atoms with Crippen LogP contribution < -0.4 is 5.32 Å². The van der Waals surface area contributed by atoms with Gasteiger partial charge in [0, 0.05) is 44.0 Å². The lowest BCUT2D eigenvalue weighted by molar-refractivity contribution is 0.0619. The lowest BCUT2D eigenvalue weighted by Gasteiger charge is -2.32. The van der Waals surface area contributed by atoms with Crippen molar-refractivity contribution in [3.8, 4) is 11.3 Å². The van der Waals surface area contributed by atoms with Gasteiger partial charge in [0.05, 0.1) is 5.69 Å². The molecular formula is C22H27N5O3. The maximum Gasteiger partial charge on any atom is 0.407 e. The van der Waals surface area contributed by atoms with Crippen molar-refractivity contribution in [2.24, 2.45) is 0 Å². The number of carbonyl (C=O) groups is 2. The average molecular weight is 409 g/mol. The molecule has 2 aliphatic rings. The van der Waals surface area contributed by atoms with E-state index >= 15 is 0 Å². The van der Waals surface area contributed by atoms with E-state index in [1.54, 1.807) is 17.2 Å². The van der Waals surface area contributed by atoms with Gasteiger partial charge in [-0.25, -0.2) is 14.8 Å². The number of nitrogens with zero attached hydrogens (tertiary/aromatic N) is 4. The Hall–Kier alpha value is -3.16. The van der Waals surface area contributed by atoms with Gasteiger partial charge in [0.2, 0.25) is 0 Å². The molecule has 2 aromatic heterocycles. The summed E-state index contributed by atoms with van der Waals surface area (Å²) < 4.78 is 0. The average Bonchev–Trinajstić information content (AvgIpc) is 2.79. The number of amides is 2. The molecule has 1 saturated heterocycles. The van der Waals surface area contributed by atoms with E-state index in [0.717, 1.165) is 17.1 Å².